The summed E-state index contributed by atoms with van der Waals surface area (Å²) < 4.78 is 5.38. The number of nitrogens with zero attached hydrogens (tertiary/aromatic N) is 1. The number of rotatable bonds is 17. The van der Waals surface area contributed by atoms with Crippen LogP contribution in [0.15, 0.2) is 59.1 Å². The number of carbonyl (C=O) groups excluding carboxylic acids is 3. The number of aryl methyl sites for hydroxylation is 1. The Labute approximate surface area is 247 Å². The van der Waals surface area contributed by atoms with Crippen LogP contribution in [0.3, 0.4) is 0 Å². The van der Waals surface area contributed by atoms with Gasteiger partial charge in [-0.1, -0.05) is 53.2 Å². The van der Waals surface area contributed by atoms with E-state index >= 15 is 0 Å². The number of carboxylic acids is 2. The molecule has 2 amide bonds. The van der Waals surface area contributed by atoms with Crippen molar-refractivity contribution in [3.63, 3.8) is 0 Å². The predicted molar refractivity (Wildman–Crippen MR) is 153 cm³/mol. The highest BCUT2D eigenvalue weighted by Crippen LogP contribution is 2.26. The Morgan fingerprint density at radius 3 is 2.21 bits per heavy atom. The number of carboxylic acid groups (broad SMARTS) is 2. The van der Waals surface area contributed by atoms with Crippen LogP contribution in [0.4, 0.5) is 0 Å². The van der Waals surface area contributed by atoms with E-state index < -0.39 is 41.5 Å². The molecule has 0 aliphatic carbocycles. The van der Waals surface area contributed by atoms with E-state index in [-0.39, 0.29) is 51.4 Å². The highest BCUT2D eigenvalue weighted by molar-refractivity contribution is 6.30. The van der Waals surface area contributed by atoms with Gasteiger partial charge in [0, 0.05) is 54.7 Å². The summed E-state index contributed by atoms with van der Waals surface area (Å²) in [6.45, 7) is 0. The van der Waals surface area contributed by atoms with Gasteiger partial charge in [0.15, 0.2) is 5.78 Å². The van der Waals surface area contributed by atoms with Gasteiger partial charge in [-0.2, -0.15) is 0 Å². The summed E-state index contributed by atoms with van der Waals surface area (Å²) in [5.74, 6) is -4.49. The molecule has 0 bridgehead atoms. The molecule has 0 aliphatic rings. The number of amides is 2. The molecule has 0 aliphatic heterocycles. The average Bonchev–Trinajstić information content (AvgIpc) is 3.42. The Hall–Kier alpha value is -4.51. The van der Waals surface area contributed by atoms with E-state index in [2.05, 4.69) is 10.5 Å². The van der Waals surface area contributed by atoms with Crippen LogP contribution in [-0.2, 0) is 30.4 Å². The molecule has 2 atom stereocenters. The number of ketones is 1. The number of Topliss-reactive ketones (excluding diaryl/α,β-unsaturated/α-hetero) is 1. The van der Waals surface area contributed by atoms with Crippen molar-refractivity contribution in [3.8, 4) is 22.4 Å². The molecular formula is C30H32ClN3O8. The van der Waals surface area contributed by atoms with Crippen LogP contribution in [0.25, 0.3) is 22.4 Å². The molecule has 11 nitrogen and oxygen atoms in total. The summed E-state index contributed by atoms with van der Waals surface area (Å²) in [5.41, 5.74) is 8.73. The molecule has 1 heterocycles. The molecule has 12 heteroatoms. The van der Waals surface area contributed by atoms with Gasteiger partial charge in [0.25, 0.3) is 0 Å². The van der Waals surface area contributed by atoms with Crippen molar-refractivity contribution in [3.05, 3.63) is 65.4 Å². The zero-order valence-electron chi connectivity index (χ0n) is 22.8. The normalized spacial score (nSPS) is 12.3. The first-order valence-electron chi connectivity index (χ1n) is 13.4. The summed E-state index contributed by atoms with van der Waals surface area (Å²) in [5, 5.41) is 25.1. The number of nitrogens with one attached hydrogen (secondary N) is 1. The quantitative estimate of drug-likeness (QED) is 0.176. The second-order valence-electron chi connectivity index (χ2n) is 9.87. The van der Waals surface area contributed by atoms with Crippen molar-refractivity contribution in [2.24, 2.45) is 11.7 Å². The van der Waals surface area contributed by atoms with Crippen LogP contribution in [0, 0.1) is 5.92 Å². The first-order chi connectivity index (χ1) is 20.0. The Morgan fingerprint density at radius 2 is 1.57 bits per heavy atom. The van der Waals surface area contributed by atoms with Crippen molar-refractivity contribution in [2.45, 2.75) is 57.4 Å². The van der Waals surface area contributed by atoms with Crippen molar-refractivity contribution >= 4 is 41.1 Å². The lowest BCUT2D eigenvalue weighted by atomic mass is 9.91. The van der Waals surface area contributed by atoms with Gasteiger partial charge in [-0.15, -0.1) is 0 Å². The molecule has 0 fully saturated rings. The van der Waals surface area contributed by atoms with Gasteiger partial charge in [-0.05, 0) is 42.5 Å². The standard InChI is InChI=1S/C30H32ClN3O8/c31-22-5-1-3-20(15-22)18-7-9-19(10-8-18)25-17-23(42-34-25)11-13-27(36)33-24(12-14-29(39)40)26(35)16-21(30(32)41)4-2-6-28(37)38/h1,3,5,7-10,15,17,21,24H,2,4,6,11-14,16H2,(H2,32,41)(H,33,36)(H,37,38)(H,39,40)/t21-,24+/m1/s1. The number of aromatic nitrogens is 1. The zero-order chi connectivity index (χ0) is 30.6. The van der Waals surface area contributed by atoms with E-state index in [1.54, 1.807) is 12.1 Å². The molecule has 3 aromatic rings. The lowest BCUT2D eigenvalue weighted by molar-refractivity contribution is -0.138. The number of hydrogen-bond acceptors (Lipinski definition) is 7. The van der Waals surface area contributed by atoms with Gasteiger partial charge in [-0.25, -0.2) is 0 Å². The van der Waals surface area contributed by atoms with E-state index in [0.717, 1.165) is 16.7 Å². The minimum atomic E-state index is -1.15. The van der Waals surface area contributed by atoms with Crippen molar-refractivity contribution in [2.75, 3.05) is 0 Å². The van der Waals surface area contributed by atoms with Crippen LogP contribution in [0.5, 0.6) is 0 Å². The van der Waals surface area contributed by atoms with Crippen LogP contribution in [0.2, 0.25) is 5.02 Å². The van der Waals surface area contributed by atoms with Gasteiger partial charge >= 0.3 is 11.9 Å². The molecular weight excluding hydrogens is 566 g/mol. The van der Waals surface area contributed by atoms with Gasteiger partial charge in [0.05, 0.1) is 6.04 Å². The van der Waals surface area contributed by atoms with Crippen LogP contribution in [0.1, 0.15) is 50.7 Å². The van der Waals surface area contributed by atoms with Crippen molar-refractivity contribution in [1.82, 2.24) is 10.5 Å². The number of primary amides is 1. The van der Waals surface area contributed by atoms with E-state index in [1.165, 1.54) is 0 Å². The van der Waals surface area contributed by atoms with E-state index in [4.69, 9.17) is 32.1 Å². The SMILES string of the molecule is NC(=O)[C@H](CCCC(=O)O)CC(=O)[C@H](CCC(=O)O)NC(=O)CCc1cc(-c2ccc(-c3cccc(Cl)c3)cc2)no1. The van der Waals surface area contributed by atoms with Crippen molar-refractivity contribution < 1.29 is 38.7 Å². The molecule has 0 spiro atoms. The number of benzene rings is 2. The van der Waals surface area contributed by atoms with E-state index in [0.29, 0.717) is 16.5 Å². The number of halogens is 1. The first-order valence-corrected chi connectivity index (χ1v) is 13.8. The predicted octanol–water partition coefficient (Wildman–Crippen LogP) is 4.26. The lowest BCUT2D eigenvalue weighted by Gasteiger charge is -2.19. The minimum absolute atomic E-state index is 0.0585. The number of aliphatic carboxylic acids is 2. The molecule has 5 N–H and O–H groups in total. The summed E-state index contributed by atoms with van der Waals surface area (Å²) in [4.78, 5) is 59.2. The monoisotopic (exact) mass is 597 g/mol. The third kappa shape index (κ3) is 10.2. The minimum Gasteiger partial charge on any atom is -0.481 e. The molecule has 0 unspecified atom stereocenters. The second kappa shape index (κ2) is 15.5. The van der Waals surface area contributed by atoms with E-state index in [1.807, 2.05) is 42.5 Å². The van der Waals surface area contributed by atoms with E-state index in [9.17, 15) is 24.0 Å². The third-order valence-corrected chi connectivity index (χ3v) is 6.90. The van der Waals surface area contributed by atoms with Crippen LogP contribution in [-0.4, -0.2) is 50.9 Å². The van der Waals surface area contributed by atoms with Gasteiger partial charge < -0.3 is 25.8 Å². The fourth-order valence-corrected chi connectivity index (χ4v) is 4.57. The number of carbonyl (C=O) groups is 5. The molecule has 0 saturated carbocycles. The summed E-state index contributed by atoms with van der Waals surface area (Å²) in [6, 6.07) is 15.7. The molecule has 222 valence electrons. The van der Waals surface area contributed by atoms with Gasteiger partial charge in [0.2, 0.25) is 11.8 Å². The van der Waals surface area contributed by atoms with Crippen LogP contribution < -0.4 is 11.1 Å². The van der Waals surface area contributed by atoms with Gasteiger partial charge in [-0.3, -0.25) is 24.0 Å². The molecule has 0 saturated heterocycles. The maximum atomic E-state index is 12.9. The first kappa shape index (κ1) is 32.0. The third-order valence-electron chi connectivity index (χ3n) is 6.66. The highest BCUT2D eigenvalue weighted by Gasteiger charge is 2.27. The molecule has 3 rings (SSSR count). The summed E-state index contributed by atoms with van der Waals surface area (Å²) in [7, 11) is 0. The Balaban J connectivity index is 1.57. The van der Waals surface area contributed by atoms with Crippen molar-refractivity contribution in [1.29, 1.82) is 0 Å². The summed E-state index contributed by atoms with van der Waals surface area (Å²) in [6.07, 6.45) is -0.709. The average molecular weight is 598 g/mol. The Kier molecular flexibility index (Phi) is 11.8. The fraction of sp³-hybridized carbons (Fsp3) is 0.333. The Morgan fingerprint density at radius 1 is 0.881 bits per heavy atom. The maximum absolute atomic E-state index is 12.9. The zero-order valence-corrected chi connectivity index (χ0v) is 23.5. The molecule has 0 radical (unpaired) electrons. The highest BCUT2D eigenvalue weighted by atomic mass is 35.5. The lowest BCUT2D eigenvalue weighted by Crippen LogP contribution is -2.42. The fourth-order valence-electron chi connectivity index (χ4n) is 4.38. The Bertz CT molecular complexity index is 1420. The maximum Gasteiger partial charge on any atom is 0.303 e. The topological polar surface area (TPSA) is 190 Å². The number of nitrogens with two attached hydrogens (primary N) is 1. The van der Waals surface area contributed by atoms with Crippen LogP contribution >= 0.6 is 11.6 Å². The largest absolute Gasteiger partial charge is 0.481 e. The molecule has 42 heavy (non-hydrogen) atoms. The smallest absolute Gasteiger partial charge is 0.303 e. The molecule has 2 aromatic carbocycles. The second-order valence-corrected chi connectivity index (χ2v) is 10.3. The van der Waals surface area contributed by atoms with Gasteiger partial charge in [0.1, 0.15) is 11.5 Å². The molecule has 1 aromatic heterocycles. The summed E-state index contributed by atoms with van der Waals surface area (Å²) >= 11 is 6.08. The number of hydrogen-bond donors (Lipinski definition) is 4.